The summed E-state index contributed by atoms with van der Waals surface area (Å²) in [6.45, 7) is 5.46. The molecule has 3 fully saturated rings. The van der Waals surface area contributed by atoms with Crippen molar-refractivity contribution >= 4 is 39.4 Å². The molecule has 3 saturated heterocycles. The molecule has 0 aliphatic carbocycles. The van der Waals surface area contributed by atoms with Crippen molar-refractivity contribution in [2.75, 3.05) is 31.8 Å². The van der Waals surface area contributed by atoms with Crippen LogP contribution in [0.4, 0.5) is 5.69 Å². The molecule has 3 aliphatic rings. The Hall–Kier alpha value is -3.21. The molecule has 2 amide bonds. The minimum Gasteiger partial charge on any atom is -0.497 e. The molecule has 0 saturated carbocycles. The summed E-state index contributed by atoms with van der Waals surface area (Å²) in [5.41, 5.74) is -0.0358. The molecule has 2 aromatic rings. The van der Waals surface area contributed by atoms with Gasteiger partial charge in [0.15, 0.2) is 0 Å². The van der Waals surface area contributed by atoms with Crippen LogP contribution in [0.1, 0.15) is 24.9 Å². The van der Waals surface area contributed by atoms with E-state index in [1.807, 2.05) is 18.2 Å². The van der Waals surface area contributed by atoms with E-state index in [0.717, 1.165) is 0 Å². The van der Waals surface area contributed by atoms with E-state index >= 15 is 0 Å². The number of methoxy groups -OCH3 is 1. The number of anilines is 1. The molecule has 10 heteroatoms. The van der Waals surface area contributed by atoms with Gasteiger partial charge in [-0.1, -0.05) is 52.3 Å². The van der Waals surface area contributed by atoms with E-state index in [0.29, 0.717) is 23.4 Å². The second-order valence-electron chi connectivity index (χ2n) is 10.2. The maximum Gasteiger partial charge on any atom is 0.312 e. The molecule has 2 bridgehead atoms. The lowest BCUT2D eigenvalue weighted by atomic mass is 9.70. The van der Waals surface area contributed by atoms with E-state index in [2.05, 4.69) is 22.5 Å². The number of hydrogen-bond acceptors (Lipinski definition) is 7. The lowest BCUT2D eigenvalue weighted by Gasteiger charge is -2.39. The van der Waals surface area contributed by atoms with Crippen molar-refractivity contribution < 1.29 is 33.7 Å². The summed E-state index contributed by atoms with van der Waals surface area (Å²) in [4.78, 5) is 45.0. The van der Waals surface area contributed by atoms with Crippen LogP contribution in [0.5, 0.6) is 5.75 Å². The summed E-state index contributed by atoms with van der Waals surface area (Å²) in [5, 5.41) is 10.6. The Labute approximate surface area is 241 Å². The van der Waals surface area contributed by atoms with E-state index < -0.39 is 54.1 Å². The van der Waals surface area contributed by atoms with Gasteiger partial charge in [-0.15, -0.1) is 6.58 Å². The molecule has 7 atom stereocenters. The van der Waals surface area contributed by atoms with Gasteiger partial charge in [-0.2, -0.15) is 0 Å². The Balaban J connectivity index is 1.65. The largest absolute Gasteiger partial charge is 0.497 e. The fourth-order valence-corrected chi connectivity index (χ4v) is 7.52. The van der Waals surface area contributed by atoms with Crippen molar-refractivity contribution in [2.45, 2.75) is 42.0 Å². The highest BCUT2D eigenvalue weighted by molar-refractivity contribution is 9.09. The lowest BCUT2D eigenvalue weighted by Crippen LogP contribution is -2.57. The third kappa shape index (κ3) is 4.42. The molecule has 1 spiro atoms. The Morgan fingerprint density at radius 1 is 1.25 bits per heavy atom. The number of rotatable bonds is 10. The quantitative estimate of drug-likeness (QED) is 0.249. The van der Waals surface area contributed by atoms with Gasteiger partial charge in [-0.05, 0) is 43.2 Å². The standard InChI is InChI=1S/C30H33BrN2O7/c1-4-15-32(19-11-13-20(38-3)14-12-19)28(36)26-30-16-21(31)25(40-30)23(29(37)39-5-2)24(30)27(35)33(26)22(17-34)18-9-7-6-8-10-18/h4,6-14,21-26,34H,1,5,15-17H2,2-3H3/t21?,22-,23+,24-,25+,26+,30-/m1/s1. The number of hydrogen-bond donors (Lipinski definition) is 1. The molecule has 3 aliphatic heterocycles. The van der Waals surface area contributed by atoms with Crippen LogP contribution in [0.3, 0.4) is 0 Å². The van der Waals surface area contributed by atoms with Gasteiger partial charge in [0.05, 0.1) is 44.3 Å². The number of halogens is 1. The van der Waals surface area contributed by atoms with Crippen molar-refractivity contribution in [3.05, 3.63) is 72.8 Å². The number of esters is 1. The van der Waals surface area contributed by atoms with E-state index in [9.17, 15) is 19.5 Å². The number of alkyl halides is 1. The third-order valence-corrected chi connectivity index (χ3v) is 9.02. The number of benzene rings is 2. The Kier molecular flexibility index (Phi) is 8.03. The summed E-state index contributed by atoms with van der Waals surface area (Å²) in [7, 11) is 1.56. The maximum atomic E-state index is 14.7. The summed E-state index contributed by atoms with van der Waals surface area (Å²) in [5.74, 6) is -2.50. The molecule has 212 valence electrons. The first-order chi connectivity index (χ1) is 19.3. The molecule has 0 radical (unpaired) electrons. The molecule has 1 unspecified atom stereocenters. The van der Waals surface area contributed by atoms with E-state index in [-0.39, 0.29) is 23.9 Å². The molecule has 40 heavy (non-hydrogen) atoms. The number of likely N-dealkylation sites (tertiary alicyclic amines) is 1. The first kappa shape index (κ1) is 28.3. The van der Waals surface area contributed by atoms with Gasteiger partial charge < -0.3 is 29.1 Å². The highest BCUT2D eigenvalue weighted by Gasteiger charge is 2.77. The smallest absolute Gasteiger partial charge is 0.312 e. The van der Waals surface area contributed by atoms with Crippen LogP contribution in [0.2, 0.25) is 0 Å². The highest BCUT2D eigenvalue weighted by atomic mass is 79.9. The van der Waals surface area contributed by atoms with Crippen LogP contribution in [-0.2, 0) is 23.9 Å². The average molecular weight is 614 g/mol. The summed E-state index contributed by atoms with van der Waals surface area (Å²) < 4.78 is 17.2. The van der Waals surface area contributed by atoms with E-state index in [4.69, 9.17) is 14.2 Å². The number of carbonyl (C=O) groups is 3. The van der Waals surface area contributed by atoms with Crippen molar-refractivity contribution in [3.63, 3.8) is 0 Å². The minimum atomic E-state index is -1.29. The van der Waals surface area contributed by atoms with Gasteiger partial charge in [0, 0.05) is 17.1 Å². The monoisotopic (exact) mass is 612 g/mol. The summed E-state index contributed by atoms with van der Waals surface area (Å²) in [6.07, 6.45) is 1.33. The first-order valence-electron chi connectivity index (χ1n) is 13.4. The van der Waals surface area contributed by atoms with Gasteiger partial charge in [0.1, 0.15) is 17.4 Å². The summed E-state index contributed by atoms with van der Waals surface area (Å²) in [6, 6.07) is 14.2. The van der Waals surface area contributed by atoms with Crippen LogP contribution in [-0.4, -0.2) is 77.2 Å². The predicted molar refractivity (Wildman–Crippen MR) is 151 cm³/mol. The van der Waals surface area contributed by atoms with Gasteiger partial charge in [-0.25, -0.2) is 0 Å². The SMILES string of the molecule is C=CCN(C(=O)[C@@H]1N([C@H](CO)c2ccccc2)C(=O)[C@H]2[C@H](C(=O)OCC)[C@H]3O[C@@]12CC3Br)c1ccc(OC)cc1. The minimum absolute atomic E-state index is 0.156. The average Bonchev–Trinajstić information content (AvgIpc) is 3.56. The Morgan fingerprint density at radius 2 is 1.95 bits per heavy atom. The molecule has 3 heterocycles. The predicted octanol–water partition coefficient (Wildman–Crippen LogP) is 3.26. The Bertz CT molecular complexity index is 1270. The molecule has 2 aromatic carbocycles. The zero-order valence-electron chi connectivity index (χ0n) is 22.4. The number of aliphatic hydroxyl groups excluding tert-OH is 1. The van der Waals surface area contributed by atoms with Crippen LogP contribution in [0.15, 0.2) is 67.3 Å². The Morgan fingerprint density at radius 3 is 2.55 bits per heavy atom. The number of amides is 2. The molecule has 5 rings (SSSR count). The van der Waals surface area contributed by atoms with Gasteiger partial charge in [0.2, 0.25) is 5.91 Å². The second kappa shape index (κ2) is 11.3. The van der Waals surface area contributed by atoms with Gasteiger partial charge >= 0.3 is 5.97 Å². The number of nitrogens with zero attached hydrogens (tertiary/aromatic N) is 2. The molecular formula is C30H33BrN2O7. The number of aliphatic hydroxyl groups is 1. The molecule has 1 N–H and O–H groups in total. The fourth-order valence-electron chi connectivity index (χ4n) is 6.58. The third-order valence-electron chi connectivity index (χ3n) is 8.17. The van der Waals surface area contributed by atoms with Crippen molar-refractivity contribution in [1.82, 2.24) is 4.90 Å². The lowest BCUT2D eigenvalue weighted by molar-refractivity contribution is -0.155. The molecular weight excluding hydrogens is 580 g/mol. The van der Waals surface area contributed by atoms with Crippen LogP contribution in [0.25, 0.3) is 0 Å². The van der Waals surface area contributed by atoms with Crippen LogP contribution >= 0.6 is 15.9 Å². The normalized spacial score (nSPS) is 29.1. The van der Waals surface area contributed by atoms with E-state index in [1.165, 1.54) is 4.90 Å². The fraction of sp³-hybridized carbons (Fsp3) is 0.433. The van der Waals surface area contributed by atoms with Crippen molar-refractivity contribution in [3.8, 4) is 5.75 Å². The summed E-state index contributed by atoms with van der Waals surface area (Å²) >= 11 is 3.66. The molecule has 0 aromatic heterocycles. The van der Waals surface area contributed by atoms with Gasteiger partial charge in [0.25, 0.3) is 5.91 Å². The maximum absolute atomic E-state index is 14.7. The van der Waals surface area contributed by atoms with Gasteiger partial charge in [-0.3, -0.25) is 14.4 Å². The number of ether oxygens (including phenoxy) is 3. The second-order valence-corrected chi connectivity index (χ2v) is 11.4. The highest BCUT2D eigenvalue weighted by Crippen LogP contribution is 2.61. The van der Waals surface area contributed by atoms with Crippen LogP contribution < -0.4 is 9.64 Å². The zero-order chi connectivity index (χ0) is 28.6. The van der Waals surface area contributed by atoms with Crippen molar-refractivity contribution in [1.29, 1.82) is 0 Å². The number of fused-ring (bicyclic) bond motifs is 1. The van der Waals surface area contributed by atoms with E-state index in [1.54, 1.807) is 61.4 Å². The zero-order valence-corrected chi connectivity index (χ0v) is 24.0. The number of carbonyl (C=O) groups excluding carboxylic acids is 3. The van der Waals surface area contributed by atoms with Crippen LogP contribution in [0, 0.1) is 11.8 Å². The van der Waals surface area contributed by atoms with Crippen molar-refractivity contribution in [2.24, 2.45) is 11.8 Å². The first-order valence-corrected chi connectivity index (χ1v) is 14.3. The topological polar surface area (TPSA) is 106 Å². The molecule has 9 nitrogen and oxygen atoms in total.